The summed E-state index contributed by atoms with van der Waals surface area (Å²) < 4.78 is 45.1. The normalized spacial score (nSPS) is 12.9. The van der Waals surface area contributed by atoms with Gasteiger partial charge in [0.1, 0.15) is 6.61 Å². The lowest BCUT2D eigenvalue weighted by molar-refractivity contribution is -0.141. The van der Waals surface area contributed by atoms with E-state index >= 15 is 0 Å². The van der Waals surface area contributed by atoms with Gasteiger partial charge >= 0.3 is 6.18 Å². The van der Waals surface area contributed by atoms with Crippen LogP contribution >= 0.6 is 0 Å². The maximum absolute atomic E-state index is 12.9. The molecular formula is C16H18F3N3O2. The Morgan fingerprint density at radius 1 is 1.33 bits per heavy atom. The van der Waals surface area contributed by atoms with Crippen molar-refractivity contribution >= 4 is 5.78 Å². The van der Waals surface area contributed by atoms with E-state index in [0.29, 0.717) is 12.1 Å². The molecule has 5 nitrogen and oxygen atoms in total. The molecule has 1 aromatic carbocycles. The predicted octanol–water partition coefficient (Wildman–Crippen LogP) is 2.84. The standard InChI is InChI=1S/C16H18F3N3O2/c1-3-12(20-2)13(23)10-24-15-9-14(16(17,18)19)21-22(15)11-7-5-4-6-8-11/h4-9,12,20H,3,10H2,1-2H3/t12-/m0/s1. The maximum Gasteiger partial charge on any atom is 0.435 e. The Kier molecular flexibility index (Phi) is 5.61. The van der Waals surface area contributed by atoms with E-state index in [1.54, 1.807) is 37.4 Å². The number of alkyl halides is 3. The molecule has 0 unspecified atom stereocenters. The van der Waals surface area contributed by atoms with Crippen LogP contribution in [0.25, 0.3) is 5.69 Å². The minimum Gasteiger partial charge on any atom is -0.469 e. The van der Waals surface area contributed by atoms with E-state index in [0.717, 1.165) is 10.7 Å². The second kappa shape index (κ2) is 7.48. The number of ketones is 1. The molecule has 1 N–H and O–H groups in total. The van der Waals surface area contributed by atoms with Crippen LogP contribution in [0.5, 0.6) is 5.88 Å². The number of nitrogens with zero attached hydrogens (tertiary/aromatic N) is 2. The van der Waals surface area contributed by atoms with Gasteiger partial charge in [-0.15, -0.1) is 0 Å². The van der Waals surface area contributed by atoms with Gasteiger partial charge in [-0.25, -0.2) is 4.68 Å². The number of hydrogen-bond acceptors (Lipinski definition) is 4. The fourth-order valence-corrected chi connectivity index (χ4v) is 2.20. The first-order valence-corrected chi connectivity index (χ1v) is 7.42. The lowest BCUT2D eigenvalue weighted by Gasteiger charge is -2.13. The first-order valence-electron chi connectivity index (χ1n) is 7.42. The lowest BCUT2D eigenvalue weighted by Crippen LogP contribution is -2.36. The largest absolute Gasteiger partial charge is 0.469 e. The topological polar surface area (TPSA) is 56.1 Å². The summed E-state index contributed by atoms with van der Waals surface area (Å²) in [6.45, 7) is 1.49. The van der Waals surface area contributed by atoms with Crippen molar-refractivity contribution in [3.8, 4) is 11.6 Å². The van der Waals surface area contributed by atoms with Gasteiger partial charge in [0, 0.05) is 6.07 Å². The Labute approximate surface area is 137 Å². The van der Waals surface area contributed by atoms with Crippen molar-refractivity contribution in [1.29, 1.82) is 0 Å². The van der Waals surface area contributed by atoms with Crippen molar-refractivity contribution in [2.75, 3.05) is 13.7 Å². The number of rotatable bonds is 7. The van der Waals surface area contributed by atoms with Crippen LogP contribution in [0.4, 0.5) is 13.2 Å². The van der Waals surface area contributed by atoms with Crippen molar-refractivity contribution in [3.05, 3.63) is 42.1 Å². The van der Waals surface area contributed by atoms with Gasteiger partial charge in [0.25, 0.3) is 0 Å². The van der Waals surface area contributed by atoms with Gasteiger partial charge in [0.15, 0.2) is 11.5 Å². The molecule has 24 heavy (non-hydrogen) atoms. The van der Waals surface area contributed by atoms with Crippen LogP contribution in [0.2, 0.25) is 0 Å². The van der Waals surface area contributed by atoms with Crippen molar-refractivity contribution in [2.45, 2.75) is 25.6 Å². The molecule has 1 heterocycles. The predicted molar refractivity (Wildman–Crippen MR) is 82.2 cm³/mol. The zero-order valence-electron chi connectivity index (χ0n) is 13.3. The molecule has 0 bridgehead atoms. The van der Waals surface area contributed by atoms with Gasteiger partial charge in [-0.2, -0.15) is 18.3 Å². The highest BCUT2D eigenvalue weighted by Crippen LogP contribution is 2.32. The Hall–Kier alpha value is -2.35. The smallest absolute Gasteiger partial charge is 0.435 e. The number of Topliss-reactive ketones (excluding diaryl/α,β-unsaturated/α-hetero) is 1. The van der Waals surface area contributed by atoms with Crippen molar-refractivity contribution in [3.63, 3.8) is 0 Å². The summed E-state index contributed by atoms with van der Waals surface area (Å²) in [6.07, 6.45) is -4.04. The Bertz CT molecular complexity index is 680. The first kappa shape index (κ1) is 18.0. The third-order valence-electron chi connectivity index (χ3n) is 3.48. The Morgan fingerprint density at radius 3 is 2.54 bits per heavy atom. The number of halogens is 3. The van der Waals surface area contributed by atoms with Crippen LogP contribution < -0.4 is 10.1 Å². The molecule has 0 spiro atoms. The first-order chi connectivity index (χ1) is 11.4. The summed E-state index contributed by atoms with van der Waals surface area (Å²) >= 11 is 0. The molecular weight excluding hydrogens is 323 g/mol. The molecule has 2 aromatic rings. The SMILES string of the molecule is CC[C@H](NC)C(=O)COc1cc(C(F)(F)F)nn1-c1ccccc1. The average Bonchev–Trinajstić information content (AvgIpc) is 2.99. The number of carbonyl (C=O) groups is 1. The van der Waals surface area contributed by atoms with Gasteiger partial charge in [-0.1, -0.05) is 25.1 Å². The van der Waals surface area contributed by atoms with Crippen LogP contribution in [0.15, 0.2) is 36.4 Å². The van der Waals surface area contributed by atoms with E-state index < -0.39 is 17.9 Å². The summed E-state index contributed by atoms with van der Waals surface area (Å²) in [4.78, 5) is 12.0. The molecule has 2 rings (SSSR count). The number of benzene rings is 1. The number of ether oxygens (including phenoxy) is 1. The number of para-hydroxylation sites is 1. The zero-order chi connectivity index (χ0) is 17.7. The molecule has 1 atom stereocenters. The van der Waals surface area contributed by atoms with Crippen LogP contribution in [-0.2, 0) is 11.0 Å². The number of carbonyl (C=O) groups excluding carboxylic acids is 1. The Morgan fingerprint density at radius 2 is 2.00 bits per heavy atom. The van der Waals surface area contributed by atoms with E-state index in [9.17, 15) is 18.0 Å². The number of likely N-dealkylation sites (N-methyl/N-ethyl adjacent to an activating group) is 1. The molecule has 0 radical (unpaired) electrons. The van der Waals surface area contributed by atoms with E-state index in [1.807, 2.05) is 6.92 Å². The van der Waals surface area contributed by atoms with Crippen molar-refractivity contribution < 1.29 is 22.7 Å². The molecule has 0 saturated carbocycles. The second-order valence-electron chi connectivity index (χ2n) is 5.12. The molecule has 8 heteroatoms. The van der Waals surface area contributed by atoms with Crippen LogP contribution in [0.3, 0.4) is 0 Å². The fraction of sp³-hybridized carbons (Fsp3) is 0.375. The van der Waals surface area contributed by atoms with E-state index in [-0.39, 0.29) is 18.3 Å². The highest BCUT2D eigenvalue weighted by molar-refractivity contribution is 5.85. The second-order valence-corrected chi connectivity index (χ2v) is 5.12. The highest BCUT2D eigenvalue weighted by Gasteiger charge is 2.35. The minimum atomic E-state index is -4.60. The van der Waals surface area contributed by atoms with Crippen LogP contribution in [0, 0.1) is 0 Å². The van der Waals surface area contributed by atoms with Crippen molar-refractivity contribution in [2.24, 2.45) is 0 Å². The van der Waals surface area contributed by atoms with Gasteiger partial charge in [-0.3, -0.25) is 4.79 Å². The summed E-state index contributed by atoms with van der Waals surface area (Å²) in [7, 11) is 1.64. The summed E-state index contributed by atoms with van der Waals surface area (Å²) in [5, 5.41) is 6.39. The summed E-state index contributed by atoms with van der Waals surface area (Å²) in [5.74, 6) is -0.373. The van der Waals surface area contributed by atoms with Crippen LogP contribution in [-0.4, -0.2) is 35.3 Å². The van der Waals surface area contributed by atoms with E-state index in [4.69, 9.17) is 4.74 Å². The van der Waals surface area contributed by atoms with Crippen molar-refractivity contribution in [1.82, 2.24) is 15.1 Å². The molecule has 0 aliphatic carbocycles. The minimum absolute atomic E-state index is 0.132. The van der Waals surface area contributed by atoms with Gasteiger partial charge in [0.2, 0.25) is 5.88 Å². The van der Waals surface area contributed by atoms with E-state index in [2.05, 4.69) is 10.4 Å². The summed E-state index contributed by atoms with van der Waals surface area (Å²) in [5.41, 5.74) is -0.662. The van der Waals surface area contributed by atoms with E-state index in [1.165, 1.54) is 0 Å². The quantitative estimate of drug-likeness (QED) is 0.841. The molecule has 0 aliphatic rings. The zero-order valence-corrected chi connectivity index (χ0v) is 13.3. The van der Waals surface area contributed by atoms with Gasteiger partial charge < -0.3 is 10.1 Å². The third-order valence-corrected chi connectivity index (χ3v) is 3.48. The monoisotopic (exact) mass is 341 g/mol. The highest BCUT2D eigenvalue weighted by atomic mass is 19.4. The number of hydrogen-bond donors (Lipinski definition) is 1. The van der Waals surface area contributed by atoms with Crippen LogP contribution in [0.1, 0.15) is 19.0 Å². The molecule has 0 fully saturated rings. The summed E-state index contributed by atoms with van der Waals surface area (Å²) in [6, 6.07) is 8.68. The average molecular weight is 341 g/mol. The number of aromatic nitrogens is 2. The molecule has 1 aromatic heterocycles. The Balaban J connectivity index is 2.28. The van der Waals surface area contributed by atoms with Gasteiger partial charge in [-0.05, 0) is 25.6 Å². The third kappa shape index (κ3) is 4.14. The fourth-order valence-electron chi connectivity index (χ4n) is 2.20. The van der Waals surface area contributed by atoms with Gasteiger partial charge in [0.05, 0.1) is 11.7 Å². The number of nitrogens with one attached hydrogen (secondary N) is 1. The molecule has 0 saturated heterocycles. The molecule has 130 valence electrons. The molecule has 0 amide bonds. The maximum atomic E-state index is 12.9. The lowest BCUT2D eigenvalue weighted by atomic mass is 10.1. The molecule has 0 aliphatic heterocycles.